The number of benzene rings is 3. The lowest BCUT2D eigenvalue weighted by molar-refractivity contribution is -0.123. The van der Waals surface area contributed by atoms with Crippen LogP contribution in [0.3, 0.4) is 0 Å². The van der Waals surface area contributed by atoms with Crippen molar-refractivity contribution in [1.29, 1.82) is 0 Å². The number of aryl methyl sites for hydroxylation is 2. The predicted octanol–water partition coefficient (Wildman–Crippen LogP) is 6.14. The van der Waals surface area contributed by atoms with Crippen molar-refractivity contribution in [3.63, 3.8) is 0 Å². The van der Waals surface area contributed by atoms with Gasteiger partial charge in [-0.3, -0.25) is 14.5 Å². The summed E-state index contributed by atoms with van der Waals surface area (Å²) in [6, 6.07) is 19.3. The molecule has 0 radical (unpaired) electrons. The van der Waals surface area contributed by atoms with Gasteiger partial charge in [0.15, 0.2) is 0 Å². The maximum atomic E-state index is 13.1. The zero-order valence-electron chi connectivity index (χ0n) is 18.9. The molecule has 1 aliphatic rings. The Kier molecular flexibility index (Phi) is 7.33. The van der Waals surface area contributed by atoms with Gasteiger partial charge >= 0.3 is 0 Å². The number of thioether (sulfide) groups is 1. The van der Waals surface area contributed by atoms with Crippen LogP contribution in [-0.4, -0.2) is 29.2 Å². The van der Waals surface area contributed by atoms with Crippen LogP contribution in [0.15, 0.2) is 71.6 Å². The Morgan fingerprint density at radius 2 is 1.71 bits per heavy atom. The minimum Gasteiger partial charge on any atom is -0.491 e. The molecule has 3 aromatic rings. The van der Waals surface area contributed by atoms with E-state index in [0.717, 1.165) is 34.2 Å². The largest absolute Gasteiger partial charge is 0.491 e. The summed E-state index contributed by atoms with van der Waals surface area (Å²) in [6.45, 7) is 4.56. The van der Waals surface area contributed by atoms with Crippen LogP contribution < -0.4 is 9.47 Å². The van der Waals surface area contributed by atoms with E-state index in [0.29, 0.717) is 16.2 Å². The van der Waals surface area contributed by atoms with Crippen LogP contribution in [0, 0.1) is 19.7 Å². The topological polar surface area (TPSA) is 55.8 Å². The monoisotopic (exact) mass is 477 g/mol. The van der Waals surface area contributed by atoms with E-state index in [4.69, 9.17) is 9.47 Å². The summed E-state index contributed by atoms with van der Waals surface area (Å²) in [4.78, 5) is 26.9. The molecule has 1 aliphatic heterocycles. The third-order valence-electron chi connectivity index (χ3n) is 5.30. The highest BCUT2D eigenvalue weighted by Gasteiger charge is 2.35. The Morgan fingerprint density at radius 1 is 0.941 bits per heavy atom. The second-order valence-corrected chi connectivity index (χ2v) is 8.90. The molecular formula is C27H24FNO4S. The average Bonchev–Trinajstić information content (AvgIpc) is 3.09. The summed E-state index contributed by atoms with van der Waals surface area (Å²) in [7, 11) is 0. The molecule has 34 heavy (non-hydrogen) atoms. The Bertz CT molecular complexity index is 1240. The summed E-state index contributed by atoms with van der Waals surface area (Å²) >= 11 is 0.899. The number of halogens is 1. The van der Waals surface area contributed by atoms with Gasteiger partial charge in [0.1, 0.15) is 30.5 Å². The highest BCUT2D eigenvalue weighted by Crippen LogP contribution is 2.34. The lowest BCUT2D eigenvalue weighted by atomic mass is 10.1. The fraction of sp³-hybridized carbons (Fsp3) is 0.185. The van der Waals surface area contributed by atoms with Crippen LogP contribution >= 0.6 is 11.8 Å². The van der Waals surface area contributed by atoms with Gasteiger partial charge in [-0.15, -0.1) is 0 Å². The van der Waals surface area contributed by atoms with Crippen molar-refractivity contribution >= 4 is 29.0 Å². The zero-order valence-corrected chi connectivity index (χ0v) is 19.7. The minimum absolute atomic E-state index is 0.165. The first-order valence-electron chi connectivity index (χ1n) is 10.8. The first-order chi connectivity index (χ1) is 16.4. The van der Waals surface area contributed by atoms with Gasteiger partial charge in [-0.05, 0) is 72.6 Å². The lowest BCUT2D eigenvalue weighted by Gasteiger charge is -2.14. The third kappa shape index (κ3) is 5.66. The average molecular weight is 478 g/mol. The van der Waals surface area contributed by atoms with Crippen LogP contribution in [0.2, 0.25) is 0 Å². The second kappa shape index (κ2) is 10.6. The molecule has 0 aromatic heterocycles. The minimum atomic E-state index is -0.354. The highest BCUT2D eigenvalue weighted by atomic mass is 32.2. The zero-order chi connectivity index (χ0) is 24.1. The van der Waals surface area contributed by atoms with E-state index >= 15 is 0 Å². The number of para-hydroxylation sites is 1. The van der Waals surface area contributed by atoms with Gasteiger partial charge in [0, 0.05) is 5.56 Å². The van der Waals surface area contributed by atoms with Gasteiger partial charge in [-0.1, -0.05) is 42.5 Å². The Morgan fingerprint density at radius 3 is 2.50 bits per heavy atom. The maximum Gasteiger partial charge on any atom is 0.293 e. The first kappa shape index (κ1) is 23.6. The van der Waals surface area contributed by atoms with Crippen LogP contribution in [0.4, 0.5) is 9.18 Å². The van der Waals surface area contributed by atoms with Gasteiger partial charge < -0.3 is 9.47 Å². The molecule has 0 aliphatic carbocycles. The lowest BCUT2D eigenvalue weighted by Crippen LogP contribution is -2.32. The quantitative estimate of drug-likeness (QED) is 0.365. The van der Waals surface area contributed by atoms with Gasteiger partial charge in [0.05, 0.1) is 11.4 Å². The molecule has 3 aromatic carbocycles. The SMILES string of the molecule is Cc1ccc(C)c(OCCN2C(=O)S/C(=C\c3ccccc3OCc3ccc(F)cc3)C2=O)c1. The van der Waals surface area contributed by atoms with Gasteiger partial charge in [0.2, 0.25) is 0 Å². The van der Waals surface area contributed by atoms with Crippen molar-refractivity contribution in [3.05, 3.63) is 99.7 Å². The highest BCUT2D eigenvalue weighted by molar-refractivity contribution is 8.18. The standard InChI is InChI=1S/C27H24FNO4S/c1-18-7-8-19(2)24(15-18)32-14-13-29-26(30)25(34-27(29)31)16-21-5-3-4-6-23(21)33-17-20-9-11-22(28)12-10-20/h3-12,15-16H,13-14,17H2,1-2H3/b25-16-. The number of amides is 2. The number of nitrogens with zero attached hydrogens (tertiary/aromatic N) is 1. The fourth-order valence-electron chi connectivity index (χ4n) is 3.42. The molecular weight excluding hydrogens is 453 g/mol. The first-order valence-corrected chi connectivity index (χ1v) is 11.6. The van der Waals surface area contributed by atoms with Crippen molar-refractivity contribution < 1.29 is 23.5 Å². The number of carbonyl (C=O) groups excluding carboxylic acids is 2. The fourth-order valence-corrected chi connectivity index (χ4v) is 4.27. The third-order valence-corrected chi connectivity index (χ3v) is 6.21. The molecule has 0 atom stereocenters. The van der Waals surface area contributed by atoms with E-state index in [1.807, 2.05) is 50.2 Å². The second-order valence-electron chi connectivity index (χ2n) is 7.90. The van der Waals surface area contributed by atoms with Crippen molar-refractivity contribution in [1.82, 2.24) is 4.90 Å². The van der Waals surface area contributed by atoms with E-state index in [2.05, 4.69) is 0 Å². The van der Waals surface area contributed by atoms with Crippen LogP contribution in [0.25, 0.3) is 6.08 Å². The van der Waals surface area contributed by atoms with E-state index in [9.17, 15) is 14.0 Å². The predicted molar refractivity (Wildman–Crippen MR) is 131 cm³/mol. The molecule has 7 heteroatoms. The molecule has 4 rings (SSSR count). The molecule has 1 fully saturated rings. The molecule has 0 saturated carbocycles. The van der Waals surface area contributed by atoms with Crippen molar-refractivity contribution in [2.45, 2.75) is 20.5 Å². The molecule has 0 N–H and O–H groups in total. The molecule has 5 nitrogen and oxygen atoms in total. The van der Waals surface area contributed by atoms with E-state index in [-0.39, 0.29) is 36.7 Å². The molecule has 174 valence electrons. The number of hydrogen-bond donors (Lipinski definition) is 0. The number of rotatable bonds is 8. The molecule has 2 amide bonds. The Balaban J connectivity index is 1.41. The number of carbonyl (C=O) groups is 2. The Hall–Kier alpha value is -3.58. The summed E-state index contributed by atoms with van der Waals surface area (Å²) < 4.78 is 24.8. The van der Waals surface area contributed by atoms with Crippen LogP contribution in [-0.2, 0) is 11.4 Å². The van der Waals surface area contributed by atoms with E-state index in [1.165, 1.54) is 17.0 Å². The maximum absolute atomic E-state index is 13.1. The van der Waals surface area contributed by atoms with E-state index in [1.54, 1.807) is 24.3 Å². The number of imide groups is 1. The van der Waals surface area contributed by atoms with Gasteiger partial charge in [-0.2, -0.15) is 0 Å². The Labute approximate surface area is 202 Å². The molecule has 1 heterocycles. The normalized spacial score (nSPS) is 14.7. The van der Waals surface area contributed by atoms with Crippen LogP contribution in [0.1, 0.15) is 22.3 Å². The van der Waals surface area contributed by atoms with Crippen molar-refractivity contribution in [2.24, 2.45) is 0 Å². The summed E-state index contributed by atoms with van der Waals surface area (Å²) in [5.41, 5.74) is 3.58. The van der Waals surface area contributed by atoms with E-state index < -0.39 is 0 Å². The van der Waals surface area contributed by atoms with Gasteiger partial charge in [-0.25, -0.2) is 4.39 Å². The van der Waals surface area contributed by atoms with Crippen LogP contribution in [0.5, 0.6) is 11.5 Å². The number of hydrogen-bond acceptors (Lipinski definition) is 5. The summed E-state index contributed by atoms with van der Waals surface area (Å²) in [5.74, 6) is 0.652. The molecule has 0 bridgehead atoms. The van der Waals surface area contributed by atoms with Gasteiger partial charge in [0.25, 0.3) is 11.1 Å². The molecule has 0 spiro atoms. The van der Waals surface area contributed by atoms with Crippen molar-refractivity contribution in [3.8, 4) is 11.5 Å². The summed E-state index contributed by atoms with van der Waals surface area (Å²) in [5, 5.41) is -0.328. The van der Waals surface area contributed by atoms with Crippen molar-refractivity contribution in [2.75, 3.05) is 13.2 Å². The molecule has 1 saturated heterocycles. The smallest absolute Gasteiger partial charge is 0.293 e. The molecule has 0 unspecified atom stereocenters. The summed E-state index contributed by atoms with van der Waals surface area (Å²) in [6.07, 6.45) is 1.66. The number of ether oxygens (including phenoxy) is 2.